The molecule has 3 aliphatic rings. The van der Waals surface area contributed by atoms with Crippen LogP contribution in [0.2, 0.25) is 0 Å². The lowest BCUT2D eigenvalue weighted by Gasteiger charge is -2.32. The van der Waals surface area contributed by atoms with Crippen LogP contribution in [0, 0.1) is 11.2 Å². The van der Waals surface area contributed by atoms with Crippen LogP contribution in [-0.2, 0) is 17.5 Å². The molecule has 196 valence electrons. The molecule has 6 rings (SSSR count). The van der Waals surface area contributed by atoms with Crippen LogP contribution < -0.4 is 10.6 Å². The van der Waals surface area contributed by atoms with Gasteiger partial charge in [-0.25, -0.2) is 14.4 Å². The number of fused-ring (bicyclic) bond motifs is 1. The number of hydrogen-bond donors (Lipinski definition) is 1. The molecule has 3 aromatic rings. The van der Waals surface area contributed by atoms with E-state index in [0.29, 0.717) is 29.0 Å². The van der Waals surface area contributed by atoms with Crippen LogP contribution in [0.3, 0.4) is 0 Å². The van der Waals surface area contributed by atoms with E-state index in [1.165, 1.54) is 24.7 Å². The number of nitrogens with two attached hydrogens (primary N) is 1. The Kier molecular flexibility index (Phi) is 5.66. The van der Waals surface area contributed by atoms with Crippen molar-refractivity contribution >= 4 is 22.8 Å². The number of carbonyl (C=O) groups is 1. The molecular formula is C26H28F4N6O. The monoisotopic (exact) mass is 516 g/mol. The standard InChI is InChI=1S/C26H28F4N6O/c27-19-13-36(20-11-25(20)7-9-34(10-8-25)14-21(31)37)24-22(19)23(32-15-33-24)35(18-5-6-18)12-16-1-3-17(4-2-16)26(28,29)30/h1-4,13,15,18,20H,5-12,14H2,(H2,31,37). The summed E-state index contributed by atoms with van der Waals surface area (Å²) in [5, 5.41) is 0.356. The van der Waals surface area contributed by atoms with Crippen LogP contribution in [0.25, 0.3) is 11.0 Å². The molecule has 2 aliphatic carbocycles. The van der Waals surface area contributed by atoms with Crippen molar-refractivity contribution in [3.05, 3.63) is 53.7 Å². The maximum atomic E-state index is 15.5. The molecule has 0 radical (unpaired) electrons. The maximum Gasteiger partial charge on any atom is 0.416 e. The summed E-state index contributed by atoms with van der Waals surface area (Å²) in [6.45, 7) is 2.16. The Labute approximate surface area is 211 Å². The van der Waals surface area contributed by atoms with Crippen LogP contribution >= 0.6 is 0 Å². The van der Waals surface area contributed by atoms with Crippen molar-refractivity contribution in [2.75, 3.05) is 24.5 Å². The first-order valence-corrected chi connectivity index (χ1v) is 12.6. The number of primary amides is 1. The number of amides is 1. The Bertz CT molecular complexity index is 1330. The molecule has 1 unspecified atom stereocenters. The third-order valence-corrected chi connectivity index (χ3v) is 8.15. The SMILES string of the molecule is NC(=O)CN1CCC2(CC1)CC2n1cc(F)c2c(N(Cc3ccc(C(F)(F)F)cc3)C3CC3)ncnc21. The Balaban J connectivity index is 1.26. The van der Waals surface area contributed by atoms with E-state index in [0.717, 1.165) is 57.3 Å². The number of anilines is 1. The lowest BCUT2D eigenvalue weighted by Crippen LogP contribution is -2.40. The van der Waals surface area contributed by atoms with E-state index in [2.05, 4.69) is 14.9 Å². The van der Waals surface area contributed by atoms with E-state index in [4.69, 9.17) is 5.73 Å². The Hall–Kier alpha value is -3.21. The van der Waals surface area contributed by atoms with Crippen LogP contribution in [0.5, 0.6) is 0 Å². The summed E-state index contributed by atoms with van der Waals surface area (Å²) in [4.78, 5) is 24.2. The second-order valence-electron chi connectivity index (χ2n) is 10.7. The molecule has 7 nitrogen and oxygen atoms in total. The van der Waals surface area contributed by atoms with Crippen molar-refractivity contribution in [3.63, 3.8) is 0 Å². The Morgan fingerprint density at radius 3 is 2.46 bits per heavy atom. The smallest absolute Gasteiger partial charge is 0.369 e. The average molecular weight is 517 g/mol. The number of hydrogen-bond acceptors (Lipinski definition) is 5. The molecule has 1 aliphatic heterocycles. The number of likely N-dealkylation sites (tertiary alicyclic amines) is 1. The maximum absolute atomic E-state index is 15.5. The number of halogens is 4. The van der Waals surface area contributed by atoms with Crippen LogP contribution in [0.15, 0.2) is 36.8 Å². The Morgan fingerprint density at radius 1 is 1.14 bits per heavy atom. The molecular weight excluding hydrogens is 488 g/mol. The topological polar surface area (TPSA) is 80.3 Å². The average Bonchev–Trinajstić information content (AvgIpc) is 3.78. The van der Waals surface area contributed by atoms with Gasteiger partial charge in [0.15, 0.2) is 5.82 Å². The Morgan fingerprint density at radius 2 is 1.84 bits per heavy atom. The number of rotatable bonds is 7. The first-order chi connectivity index (χ1) is 17.6. The van der Waals surface area contributed by atoms with E-state index in [1.54, 1.807) is 0 Å². The minimum Gasteiger partial charge on any atom is -0.369 e. The summed E-state index contributed by atoms with van der Waals surface area (Å²) in [6.07, 6.45) is 3.15. The highest BCUT2D eigenvalue weighted by atomic mass is 19.4. The fraction of sp³-hybridized carbons (Fsp3) is 0.500. The highest BCUT2D eigenvalue weighted by Crippen LogP contribution is 2.63. The van der Waals surface area contributed by atoms with Crippen LogP contribution in [0.1, 0.15) is 49.3 Å². The zero-order valence-electron chi connectivity index (χ0n) is 20.2. The van der Waals surface area contributed by atoms with Gasteiger partial charge >= 0.3 is 6.18 Å². The molecule has 2 aromatic heterocycles. The number of carbonyl (C=O) groups excluding carboxylic acids is 1. The van der Waals surface area contributed by atoms with E-state index < -0.39 is 17.6 Å². The number of nitrogens with zero attached hydrogens (tertiary/aromatic N) is 5. The molecule has 3 heterocycles. The third-order valence-electron chi connectivity index (χ3n) is 8.15. The number of piperidine rings is 1. The fourth-order valence-electron chi connectivity index (χ4n) is 5.87. The van der Waals surface area contributed by atoms with Gasteiger partial charge in [-0.1, -0.05) is 12.1 Å². The molecule has 3 fully saturated rings. The molecule has 1 aromatic carbocycles. The molecule has 1 atom stereocenters. The van der Waals surface area contributed by atoms with Gasteiger partial charge in [-0.2, -0.15) is 13.2 Å². The van der Waals surface area contributed by atoms with Crippen molar-refractivity contribution in [3.8, 4) is 0 Å². The summed E-state index contributed by atoms with van der Waals surface area (Å²) in [5.41, 5.74) is 5.95. The first kappa shape index (κ1) is 24.1. The first-order valence-electron chi connectivity index (χ1n) is 12.6. The zero-order chi connectivity index (χ0) is 25.9. The summed E-state index contributed by atoms with van der Waals surface area (Å²) < 4.78 is 56.4. The molecule has 1 saturated heterocycles. The third kappa shape index (κ3) is 4.54. The lowest BCUT2D eigenvalue weighted by atomic mass is 9.92. The van der Waals surface area contributed by atoms with E-state index >= 15 is 4.39 Å². The minimum absolute atomic E-state index is 0.0635. The summed E-state index contributed by atoms with van der Waals surface area (Å²) in [5.74, 6) is -0.242. The number of aromatic nitrogens is 3. The quantitative estimate of drug-likeness (QED) is 0.475. The number of alkyl halides is 3. The minimum atomic E-state index is -4.39. The van der Waals surface area contributed by atoms with Crippen molar-refractivity contribution in [1.82, 2.24) is 19.4 Å². The van der Waals surface area contributed by atoms with Crippen LogP contribution in [-0.4, -0.2) is 51.0 Å². The molecule has 1 amide bonds. The summed E-state index contributed by atoms with van der Waals surface area (Å²) in [7, 11) is 0. The van der Waals surface area contributed by atoms with Crippen LogP contribution in [0.4, 0.5) is 23.4 Å². The van der Waals surface area contributed by atoms with Gasteiger partial charge in [-0.05, 0) is 68.3 Å². The lowest BCUT2D eigenvalue weighted by molar-refractivity contribution is -0.137. The van der Waals surface area contributed by atoms with E-state index in [9.17, 15) is 18.0 Å². The van der Waals surface area contributed by atoms with E-state index in [1.807, 2.05) is 9.47 Å². The highest BCUT2D eigenvalue weighted by Gasteiger charge is 2.56. The van der Waals surface area contributed by atoms with E-state index in [-0.39, 0.29) is 30.0 Å². The van der Waals surface area contributed by atoms with Gasteiger partial charge in [0.2, 0.25) is 5.91 Å². The second kappa shape index (κ2) is 8.68. The number of benzene rings is 1. The van der Waals surface area contributed by atoms with Gasteiger partial charge in [0, 0.05) is 24.8 Å². The molecule has 11 heteroatoms. The van der Waals surface area contributed by atoms with Crippen molar-refractivity contribution in [1.29, 1.82) is 0 Å². The van der Waals surface area contributed by atoms with Gasteiger partial charge in [0.05, 0.1) is 17.5 Å². The van der Waals surface area contributed by atoms with Crippen molar-refractivity contribution in [2.45, 2.75) is 56.9 Å². The molecule has 37 heavy (non-hydrogen) atoms. The van der Waals surface area contributed by atoms with Gasteiger partial charge in [0.25, 0.3) is 0 Å². The summed E-state index contributed by atoms with van der Waals surface area (Å²) in [6, 6.07) is 5.38. The molecule has 0 bridgehead atoms. The second-order valence-corrected chi connectivity index (χ2v) is 10.7. The molecule has 2 N–H and O–H groups in total. The predicted molar refractivity (Wildman–Crippen MR) is 129 cm³/mol. The van der Waals surface area contributed by atoms with Gasteiger partial charge < -0.3 is 15.2 Å². The molecule has 1 spiro atoms. The zero-order valence-corrected chi connectivity index (χ0v) is 20.2. The largest absolute Gasteiger partial charge is 0.416 e. The predicted octanol–water partition coefficient (Wildman–Crippen LogP) is 4.27. The van der Waals surface area contributed by atoms with Gasteiger partial charge in [-0.3, -0.25) is 9.69 Å². The fourth-order valence-corrected chi connectivity index (χ4v) is 5.87. The van der Waals surface area contributed by atoms with Gasteiger partial charge in [-0.15, -0.1) is 0 Å². The normalized spacial score (nSPS) is 21.5. The summed E-state index contributed by atoms with van der Waals surface area (Å²) >= 11 is 0. The van der Waals surface area contributed by atoms with Crippen molar-refractivity contribution in [2.24, 2.45) is 11.1 Å². The highest BCUT2D eigenvalue weighted by molar-refractivity contribution is 5.89. The van der Waals surface area contributed by atoms with Crippen molar-refractivity contribution < 1.29 is 22.4 Å². The van der Waals surface area contributed by atoms with Gasteiger partial charge in [0.1, 0.15) is 17.8 Å². The molecule has 2 saturated carbocycles.